The summed E-state index contributed by atoms with van der Waals surface area (Å²) in [6.07, 6.45) is 2.08. The summed E-state index contributed by atoms with van der Waals surface area (Å²) in [6, 6.07) is 12.9. The second-order valence-corrected chi connectivity index (χ2v) is 6.08. The minimum absolute atomic E-state index is 0.0403. The normalized spacial score (nSPS) is 13.3. The Morgan fingerprint density at radius 2 is 1.85 bits per heavy atom. The zero-order chi connectivity index (χ0) is 18.5. The predicted molar refractivity (Wildman–Crippen MR) is 92.3 cm³/mol. The Morgan fingerprint density at radius 3 is 2.50 bits per heavy atom. The van der Waals surface area contributed by atoms with Crippen LogP contribution in [0, 0.1) is 0 Å². The maximum absolute atomic E-state index is 12.2. The van der Waals surface area contributed by atoms with E-state index in [1.807, 2.05) is 0 Å². The first-order valence-corrected chi connectivity index (χ1v) is 8.24. The standard InChI is InChI=1S/C19H18F2N2O3/c20-19(21)26-16-8-4-12(5-9-16)10-17(24)22-15-3-1-2-13(11-15)18(25)23-14-6-7-14/h1-5,8-9,11,14,19H,6-7,10H2,(H,22,24)(H,23,25). The molecule has 0 aromatic heterocycles. The van der Waals surface area contributed by atoms with Gasteiger partial charge in [-0.2, -0.15) is 8.78 Å². The summed E-state index contributed by atoms with van der Waals surface area (Å²) in [5.41, 5.74) is 1.67. The lowest BCUT2D eigenvalue weighted by atomic mass is 10.1. The van der Waals surface area contributed by atoms with Gasteiger partial charge in [-0.25, -0.2) is 0 Å². The molecule has 7 heteroatoms. The summed E-state index contributed by atoms with van der Waals surface area (Å²) in [7, 11) is 0. The van der Waals surface area contributed by atoms with Crippen LogP contribution in [0.4, 0.5) is 14.5 Å². The smallest absolute Gasteiger partial charge is 0.387 e. The van der Waals surface area contributed by atoms with Crippen LogP contribution in [-0.2, 0) is 11.2 Å². The highest BCUT2D eigenvalue weighted by Gasteiger charge is 2.23. The van der Waals surface area contributed by atoms with E-state index in [4.69, 9.17) is 0 Å². The summed E-state index contributed by atoms with van der Waals surface area (Å²) in [4.78, 5) is 24.2. The Kier molecular flexibility index (Phi) is 5.46. The van der Waals surface area contributed by atoms with Crippen LogP contribution in [0.5, 0.6) is 5.75 Å². The van der Waals surface area contributed by atoms with E-state index in [2.05, 4.69) is 15.4 Å². The van der Waals surface area contributed by atoms with Crippen LogP contribution < -0.4 is 15.4 Å². The molecule has 1 aliphatic rings. The molecule has 0 saturated heterocycles. The van der Waals surface area contributed by atoms with Gasteiger partial charge in [-0.3, -0.25) is 9.59 Å². The van der Waals surface area contributed by atoms with Gasteiger partial charge in [0.1, 0.15) is 5.75 Å². The number of amides is 2. The number of benzene rings is 2. The van der Waals surface area contributed by atoms with Gasteiger partial charge in [0.05, 0.1) is 6.42 Å². The average Bonchev–Trinajstić information content (AvgIpc) is 3.40. The first-order chi connectivity index (χ1) is 12.5. The van der Waals surface area contributed by atoms with E-state index in [0.717, 1.165) is 12.8 Å². The summed E-state index contributed by atoms with van der Waals surface area (Å²) in [5, 5.41) is 5.62. The van der Waals surface area contributed by atoms with Gasteiger partial charge in [0.25, 0.3) is 5.91 Å². The molecule has 0 heterocycles. The Morgan fingerprint density at radius 1 is 1.12 bits per heavy atom. The molecule has 0 spiro atoms. The SMILES string of the molecule is O=C(Cc1ccc(OC(F)F)cc1)Nc1cccc(C(=O)NC2CC2)c1. The predicted octanol–water partition coefficient (Wildman–Crippen LogP) is 3.36. The van der Waals surface area contributed by atoms with Crippen molar-refractivity contribution in [3.05, 3.63) is 59.7 Å². The van der Waals surface area contributed by atoms with E-state index < -0.39 is 6.61 Å². The molecule has 0 bridgehead atoms. The molecular weight excluding hydrogens is 342 g/mol. The molecule has 1 aliphatic carbocycles. The maximum atomic E-state index is 12.2. The molecule has 1 saturated carbocycles. The Labute approximate surface area is 149 Å². The van der Waals surface area contributed by atoms with Crippen molar-refractivity contribution in [1.82, 2.24) is 5.32 Å². The molecule has 2 N–H and O–H groups in total. The van der Waals surface area contributed by atoms with Crippen molar-refractivity contribution < 1.29 is 23.1 Å². The van der Waals surface area contributed by atoms with Gasteiger partial charge in [0.2, 0.25) is 5.91 Å². The highest BCUT2D eigenvalue weighted by molar-refractivity contribution is 5.97. The highest BCUT2D eigenvalue weighted by Crippen LogP contribution is 2.20. The first kappa shape index (κ1) is 17.8. The van der Waals surface area contributed by atoms with Gasteiger partial charge in [-0.05, 0) is 48.7 Å². The molecule has 2 aromatic carbocycles. The Hall–Kier alpha value is -2.96. The third kappa shape index (κ3) is 5.27. The number of carbonyl (C=O) groups is 2. The topological polar surface area (TPSA) is 67.4 Å². The lowest BCUT2D eigenvalue weighted by Gasteiger charge is -2.09. The number of halogens is 2. The Balaban J connectivity index is 1.56. The van der Waals surface area contributed by atoms with Gasteiger partial charge in [-0.15, -0.1) is 0 Å². The second kappa shape index (κ2) is 7.95. The summed E-state index contributed by atoms with van der Waals surface area (Å²) in [6.45, 7) is -2.88. The summed E-state index contributed by atoms with van der Waals surface area (Å²) >= 11 is 0. The van der Waals surface area contributed by atoms with Crippen LogP contribution in [-0.4, -0.2) is 24.5 Å². The summed E-state index contributed by atoms with van der Waals surface area (Å²) < 4.78 is 28.5. The highest BCUT2D eigenvalue weighted by atomic mass is 19.3. The van der Waals surface area contributed by atoms with E-state index in [9.17, 15) is 18.4 Å². The summed E-state index contributed by atoms with van der Waals surface area (Å²) in [5.74, 6) is -0.385. The molecule has 0 aliphatic heterocycles. The molecule has 26 heavy (non-hydrogen) atoms. The van der Waals surface area contributed by atoms with Gasteiger partial charge in [0, 0.05) is 17.3 Å². The van der Waals surface area contributed by atoms with E-state index >= 15 is 0 Å². The number of carbonyl (C=O) groups excluding carboxylic acids is 2. The van der Waals surface area contributed by atoms with Crippen LogP contribution >= 0.6 is 0 Å². The molecule has 136 valence electrons. The van der Waals surface area contributed by atoms with Crippen molar-refractivity contribution in [2.24, 2.45) is 0 Å². The van der Waals surface area contributed by atoms with Crippen LogP contribution in [0.15, 0.2) is 48.5 Å². The lowest BCUT2D eigenvalue weighted by molar-refractivity contribution is -0.115. The van der Waals surface area contributed by atoms with E-state index in [-0.39, 0.29) is 30.0 Å². The molecular formula is C19H18F2N2O3. The van der Waals surface area contributed by atoms with Crippen molar-refractivity contribution >= 4 is 17.5 Å². The number of hydrogen-bond acceptors (Lipinski definition) is 3. The monoisotopic (exact) mass is 360 g/mol. The van der Waals surface area contributed by atoms with Crippen LogP contribution in [0.25, 0.3) is 0 Å². The minimum Gasteiger partial charge on any atom is -0.435 e. The fraction of sp³-hybridized carbons (Fsp3) is 0.263. The number of alkyl halides is 2. The van der Waals surface area contributed by atoms with Gasteiger partial charge in [-0.1, -0.05) is 18.2 Å². The minimum atomic E-state index is -2.88. The molecule has 2 amide bonds. The van der Waals surface area contributed by atoms with Gasteiger partial charge in [0.15, 0.2) is 0 Å². The molecule has 5 nitrogen and oxygen atoms in total. The number of rotatable bonds is 7. The number of ether oxygens (including phenoxy) is 1. The Bertz CT molecular complexity index is 790. The molecule has 0 radical (unpaired) electrons. The number of nitrogens with one attached hydrogen (secondary N) is 2. The average molecular weight is 360 g/mol. The molecule has 2 aromatic rings. The fourth-order valence-corrected chi connectivity index (χ4v) is 2.41. The molecule has 3 rings (SSSR count). The van der Waals surface area contributed by atoms with Gasteiger partial charge < -0.3 is 15.4 Å². The number of anilines is 1. The third-order valence-electron chi connectivity index (χ3n) is 3.83. The van der Waals surface area contributed by atoms with E-state index in [1.54, 1.807) is 36.4 Å². The van der Waals surface area contributed by atoms with Crippen LogP contribution in [0.1, 0.15) is 28.8 Å². The van der Waals surface area contributed by atoms with E-state index in [0.29, 0.717) is 16.8 Å². The molecule has 0 unspecified atom stereocenters. The largest absolute Gasteiger partial charge is 0.435 e. The molecule has 1 fully saturated rings. The van der Waals surface area contributed by atoms with Crippen molar-refractivity contribution in [3.63, 3.8) is 0 Å². The third-order valence-corrected chi connectivity index (χ3v) is 3.83. The zero-order valence-electron chi connectivity index (χ0n) is 13.9. The van der Waals surface area contributed by atoms with Crippen LogP contribution in [0.2, 0.25) is 0 Å². The second-order valence-electron chi connectivity index (χ2n) is 6.08. The van der Waals surface area contributed by atoms with Crippen molar-refractivity contribution in [1.29, 1.82) is 0 Å². The van der Waals surface area contributed by atoms with Crippen molar-refractivity contribution in [2.75, 3.05) is 5.32 Å². The molecule has 0 atom stereocenters. The van der Waals surface area contributed by atoms with Crippen LogP contribution in [0.3, 0.4) is 0 Å². The van der Waals surface area contributed by atoms with Crippen molar-refractivity contribution in [2.45, 2.75) is 31.9 Å². The first-order valence-electron chi connectivity index (χ1n) is 8.24. The zero-order valence-corrected chi connectivity index (χ0v) is 13.9. The van der Waals surface area contributed by atoms with Gasteiger partial charge >= 0.3 is 6.61 Å². The maximum Gasteiger partial charge on any atom is 0.387 e. The van der Waals surface area contributed by atoms with E-state index in [1.165, 1.54) is 12.1 Å². The quantitative estimate of drug-likeness (QED) is 0.796. The number of hydrogen-bond donors (Lipinski definition) is 2. The fourth-order valence-electron chi connectivity index (χ4n) is 2.41. The van der Waals surface area contributed by atoms with Crippen molar-refractivity contribution in [3.8, 4) is 5.75 Å². The lowest BCUT2D eigenvalue weighted by Crippen LogP contribution is -2.25.